The van der Waals surface area contributed by atoms with Gasteiger partial charge in [0.25, 0.3) is 0 Å². The van der Waals surface area contributed by atoms with Gasteiger partial charge < -0.3 is 9.88 Å². The second-order valence-corrected chi connectivity index (χ2v) is 4.52. The fourth-order valence-corrected chi connectivity index (χ4v) is 2.55. The van der Waals surface area contributed by atoms with Gasteiger partial charge >= 0.3 is 0 Å². The van der Waals surface area contributed by atoms with Gasteiger partial charge in [0.05, 0.1) is 17.1 Å². The van der Waals surface area contributed by atoms with Crippen LogP contribution in [0.4, 0.5) is 0 Å². The average Bonchev–Trinajstić information content (AvgIpc) is 2.69. The molecule has 0 radical (unpaired) electrons. The minimum Gasteiger partial charge on any atom is -0.330 e. The summed E-state index contributed by atoms with van der Waals surface area (Å²) in [6, 6.07) is 8.78. The first-order valence-corrected chi connectivity index (χ1v) is 6.01. The van der Waals surface area contributed by atoms with Gasteiger partial charge in [-0.2, -0.15) is 0 Å². The van der Waals surface area contributed by atoms with E-state index in [1.54, 1.807) is 0 Å². The molecule has 0 amide bonds. The van der Waals surface area contributed by atoms with Crippen molar-refractivity contribution in [2.24, 2.45) is 7.05 Å². The normalized spacial score (nSPS) is 19.1. The van der Waals surface area contributed by atoms with Crippen LogP contribution in [-0.2, 0) is 7.05 Å². The lowest BCUT2D eigenvalue weighted by molar-refractivity contribution is 0.392. The summed E-state index contributed by atoms with van der Waals surface area (Å²) in [6.45, 7) is 1.12. The van der Waals surface area contributed by atoms with Crippen LogP contribution in [0.15, 0.2) is 24.3 Å². The Labute approximate surface area is 120 Å². The first kappa shape index (κ1) is 15.3. The largest absolute Gasteiger partial charge is 0.330 e. The van der Waals surface area contributed by atoms with Crippen molar-refractivity contribution in [2.45, 2.75) is 25.3 Å². The zero-order valence-electron chi connectivity index (χ0n) is 10.4. The molecule has 1 N–H and O–H groups in total. The maximum absolute atomic E-state index is 4.74. The standard InChI is InChI=1S/C13H17N3.2ClH/c1-16-12-8-3-2-6-10(12)15-13(16)11-7-4-5-9-14-11;;/h2-3,6,8,11,14H,4-5,7,9H2,1H3;2*1H/t11-;;/m0../s1. The van der Waals surface area contributed by atoms with Crippen molar-refractivity contribution in [3.63, 3.8) is 0 Å². The molecule has 1 atom stereocenters. The van der Waals surface area contributed by atoms with Crippen LogP contribution < -0.4 is 5.32 Å². The summed E-state index contributed by atoms with van der Waals surface area (Å²) in [4.78, 5) is 4.74. The van der Waals surface area contributed by atoms with Gasteiger partial charge in [0.15, 0.2) is 0 Å². The Hall–Kier alpha value is -0.770. The second-order valence-electron chi connectivity index (χ2n) is 4.52. The Kier molecular flexibility index (Phi) is 5.45. The highest BCUT2D eigenvalue weighted by Gasteiger charge is 2.20. The van der Waals surface area contributed by atoms with Gasteiger partial charge in [0.1, 0.15) is 5.82 Å². The van der Waals surface area contributed by atoms with E-state index in [9.17, 15) is 0 Å². The van der Waals surface area contributed by atoms with Crippen LogP contribution in [0.5, 0.6) is 0 Å². The minimum atomic E-state index is 0. The van der Waals surface area contributed by atoms with Crippen LogP contribution in [0, 0.1) is 0 Å². The molecular weight excluding hydrogens is 269 g/mol. The van der Waals surface area contributed by atoms with Crippen molar-refractivity contribution in [3.8, 4) is 0 Å². The number of fused-ring (bicyclic) bond motifs is 1. The van der Waals surface area contributed by atoms with Crippen LogP contribution >= 0.6 is 24.8 Å². The third-order valence-electron chi connectivity index (χ3n) is 3.44. The lowest BCUT2D eigenvalue weighted by Gasteiger charge is -2.22. The number of aryl methyl sites for hydroxylation is 1. The van der Waals surface area contributed by atoms with E-state index in [1.165, 1.54) is 30.6 Å². The zero-order chi connectivity index (χ0) is 11.0. The molecule has 1 saturated heterocycles. The maximum atomic E-state index is 4.74. The molecule has 2 aromatic rings. The lowest BCUT2D eigenvalue weighted by Crippen LogP contribution is -2.28. The Morgan fingerprint density at radius 1 is 1.22 bits per heavy atom. The molecule has 0 saturated carbocycles. The van der Waals surface area contributed by atoms with Crippen LogP contribution in [0.25, 0.3) is 11.0 Å². The van der Waals surface area contributed by atoms with Crippen LogP contribution in [0.3, 0.4) is 0 Å². The van der Waals surface area contributed by atoms with E-state index in [0.717, 1.165) is 12.1 Å². The van der Waals surface area contributed by atoms with Crippen molar-refractivity contribution >= 4 is 35.8 Å². The predicted octanol–water partition coefficient (Wildman–Crippen LogP) is 3.23. The maximum Gasteiger partial charge on any atom is 0.126 e. The molecular formula is C13H19Cl2N3. The van der Waals surface area contributed by atoms with Gasteiger partial charge in [-0.3, -0.25) is 0 Å². The Morgan fingerprint density at radius 2 is 2.00 bits per heavy atom. The second kappa shape index (κ2) is 6.41. The molecule has 0 bridgehead atoms. The van der Waals surface area contributed by atoms with Crippen molar-refractivity contribution in [2.75, 3.05) is 6.54 Å². The molecule has 1 aliphatic heterocycles. The van der Waals surface area contributed by atoms with Crippen LogP contribution in [0.2, 0.25) is 0 Å². The van der Waals surface area contributed by atoms with Crippen molar-refractivity contribution in [3.05, 3.63) is 30.1 Å². The highest BCUT2D eigenvalue weighted by molar-refractivity contribution is 5.85. The van der Waals surface area contributed by atoms with Crippen LogP contribution in [-0.4, -0.2) is 16.1 Å². The Morgan fingerprint density at radius 3 is 2.67 bits per heavy atom. The Balaban J connectivity index is 0.000000810. The van der Waals surface area contributed by atoms with E-state index in [1.807, 2.05) is 6.07 Å². The molecule has 0 spiro atoms. The minimum absolute atomic E-state index is 0. The molecule has 3 nitrogen and oxygen atoms in total. The number of nitrogens with one attached hydrogen (secondary N) is 1. The zero-order valence-corrected chi connectivity index (χ0v) is 12.1. The molecule has 3 rings (SSSR count). The number of hydrogen-bond donors (Lipinski definition) is 1. The topological polar surface area (TPSA) is 29.9 Å². The molecule has 2 heterocycles. The van der Waals surface area contributed by atoms with E-state index < -0.39 is 0 Å². The molecule has 100 valence electrons. The first-order valence-electron chi connectivity index (χ1n) is 6.01. The van der Waals surface area contributed by atoms with Gasteiger partial charge in [0.2, 0.25) is 0 Å². The number of aromatic nitrogens is 2. The number of benzene rings is 1. The number of imidazole rings is 1. The lowest BCUT2D eigenvalue weighted by atomic mass is 10.0. The number of rotatable bonds is 1. The molecule has 1 aromatic heterocycles. The summed E-state index contributed by atoms with van der Waals surface area (Å²) in [5.41, 5.74) is 2.33. The number of halogens is 2. The summed E-state index contributed by atoms with van der Waals surface area (Å²) in [5.74, 6) is 1.18. The van der Waals surface area contributed by atoms with Gasteiger partial charge in [-0.1, -0.05) is 18.6 Å². The summed E-state index contributed by atoms with van der Waals surface area (Å²) < 4.78 is 2.22. The highest BCUT2D eigenvalue weighted by atomic mass is 35.5. The summed E-state index contributed by atoms with van der Waals surface area (Å²) in [7, 11) is 2.11. The molecule has 0 aliphatic carbocycles. The summed E-state index contributed by atoms with van der Waals surface area (Å²) >= 11 is 0. The molecule has 1 aliphatic rings. The van der Waals surface area contributed by atoms with E-state index in [2.05, 4.69) is 35.1 Å². The number of para-hydroxylation sites is 2. The third kappa shape index (κ3) is 2.63. The van der Waals surface area contributed by atoms with Crippen molar-refractivity contribution in [1.29, 1.82) is 0 Å². The van der Waals surface area contributed by atoms with Gasteiger partial charge in [-0.25, -0.2) is 4.98 Å². The fourth-order valence-electron chi connectivity index (χ4n) is 2.55. The van der Waals surface area contributed by atoms with E-state index in [-0.39, 0.29) is 24.8 Å². The molecule has 18 heavy (non-hydrogen) atoms. The van der Waals surface area contributed by atoms with E-state index in [0.29, 0.717) is 6.04 Å². The number of nitrogens with zero attached hydrogens (tertiary/aromatic N) is 2. The molecule has 5 heteroatoms. The van der Waals surface area contributed by atoms with Crippen molar-refractivity contribution < 1.29 is 0 Å². The highest BCUT2D eigenvalue weighted by Crippen LogP contribution is 2.25. The average molecular weight is 288 g/mol. The quantitative estimate of drug-likeness (QED) is 0.873. The predicted molar refractivity (Wildman–Crippen MR) is 79.8 cm³/mol. The summed E-state index contributed by atoms with van der Waals surface area (Å²) in [5, 5.41) is 3.55. The van der Waals surface area contributed by atoms with E-state index >= 15 is 0 Å². The monoisotopic (exact) mass is 287 g/mol. The Bertz CT molecular complexity index is 504. The third-order valence-corrected chi connectivity index (χ3v) is 3.44. The van der Waals surface area contributed by atoms with Crippen LogP contribution in [0.1, 0.15) is 31.1 Å². The molecule has 1 fully saturated rings. The molecule has 1 aromatic carbocycles. The molecule has 0 unspecified atom stereocenters. The van der Waals surface area contributed by atoms with Gasteiger partial charge in [-0.05, 0) is 31.5 Å². The van der Waals surface area contributed by atoms with Gasteiger partial charge in [-0.15, -0.1) is 24.8 Å². The van der Waals surface area contributed by atoms with Gasteiger partial charge in [0, 0.05) is 7.05 Å². The fraction of sp³-hybridized carbons (Fsp3) is 0.462. The first-order chi connectivity index (χ1) is 7.86. The van der Waals surface area contributed by atoms with Crippen molar-refractivity contribution in [1.82, 2.24) is 14.9 Å². The number of piperidine rings is 1. The number of hydrogen-bond acceptors (Lipinski definition) is 2. The van der Waals surface area contributed by atoms with E-state index in [4.69, 9.17) is 4.98 Å². The smallest absolute Gasteiger partial charge is 0.126 e. The SMILES string of the molecule is Cl.Cl.Cn1c([C@@H]2CCCCN2)nc2ccccc21. The summed E-state index contributed by atoms with van der Waals surface area (Å²) in [6.07, 6.45) is 3.80.